The van der Waals surface area contributed by atoms with Crippen LogP contribution in [-0.2, 0) is 22.7 Å². The number of carbonyl (C=O) groups is 2. The molecule has 0 aliphatic carbocycles. The molecule has 1 aromatic heterocycles. The molecule has 0 aromatic carbocycles. The number of amides is 1. The molecular formula is C11H14N4O3. The van der Waals surface area contributed by atoms with Crippen molar-refractivity contribution in [3.8, 4) is 0 Å². The zero-order valence-electron chi connectivity index (χ0n) is 10.0. The maximum atomic E-state index is 11.6. The molecule has 1 aromatic rings. The van der Waals surface area contributed by atoms with E-state index in [0.717, 1.165) is 12.1 Å². The summed E-state index contributed by atoms with van der Waals surface area (Å²) >= 11 is 0. The monoisotopic (exact) mass is 250 g/mol. The number of hydrogen-bond acceptors (Lipinski definition) is 4. The molecule has 0 spiro atoms. The Balaban J connectivity index is 2.13. The fraction of sp³-hybridized carbons (Fsp3) is 0.455. The molecule has 0 saturated carbocycles. The average Bonchev–Trinajstić information content (AvgIpc) is 2.79. The van der Waals surface area contributed by atoms with Gasteiger partial charge in [-0.3, -0.25) is 9.48 Å². The zero-order valence-corrected chi connectivity index (χ0v) is 10.0. The molecule has 18 heavy (non-hydrogen) atoms. The fourth-order valence-corrected chi connectivity index (χ4v) is 1.71. The van der Waals surface area contributed by atoms with Crippen LogP contribution in [0.4, 0.5) is 0 Å². The van der Waals surface area contributed by atoms with Gasteiger partial charge in [0.2, 0.25) is 5.91 Å². The number of hydrogen-bond donors (Lipinski definition) is 1. The van der Waals surface area contributed by atoms with Crippen LogP contribution in [0.5, 0.6) is 0 Å². The van der Waals surface area contributed by atoms with E-state index >= 15 is 0 Å². The summed E-state index contributed by atoms with van der Waals surface area (Å²) in [6.45, 7) is 2.97. The van der Waals surface area contributed by atoms with Crippen molar-refractivity contribution in [2.75, 3.05) is 0 Å². The molecule has 0 radical (unpaired) electrons. The van der Waals surface area contributed by atoms with Gasteiger partial charge in [0, 0.05) is 31.1 Å². The minimum atomic E-state index is -1.07. The Bertz CT molecular complexity index is 506. The van der Waals surface area contributed by atoms with Gasteiger partial charge >= 0.3 is 5.97 Å². The first-order valence-corrected chi connectivity index (χ1v) is 5.72. The quantitative estimate of drug-likeness (QED) is 0.841. The maximum Gasteiger partial charge on any atom is 0.352 e. The van der Waals surface area contributed by atoms with Crippen molar-refractivity contribution in [1.82, 2.24) is 14.8 Å². The lowest BCUT2D eigenvalue weighted by Crippen LogP contribution is -2.33. The van der Waals surface area contributed by atoms with Crippen molar-refractivity contribution >= 4 is 17.6 Å². The Morgan fingerprint density at radius 2 is 2.28 bits per heavy atom. The smallest absolute Gasteiger partial charge is 0.352 e. The van der Waals surface area contributed by atoms with E-state index in [9.17, 15) is 9.59 Å². The summed E-state index contributed by atoms with van der Waals surface area (Å²) in [4.78, 5) is 22.5. The molecule has 7 heteroatoms. The Hall–Kier alpha value is -2.18. The topological polar surface area (TPSA) is 87.8 Å². The third-order valence-corrected chi connectivity index (χ3v) is 2.69. The van der Waals surface area contributed by atoms with Crippen LogP contribution in [0.3, 0.4) is 0 Å². The number of hydrazone groups is 1. The Morgan fingerprint density at radius 1 is 1.50 bits per heavy atom. The summed E-state index contributed by atoms with van der Waals surface area (Å²) in [5.74, 6) is -1.24. The predicted molar refractivity (Wildman–Crippen MR) is 62.8 cm³/mol. The number of nitrogens with zero attached hydrogens (tertiary/aromatic N) is 4. The first kappa shape index (κ1) is 12.3. The van der Waals surface area contributed by atoms with E-state index in [0.29, 0.717) is 0 Å². The molecular weight excluding hydrogens is 236 g/mol. The van der Waals surface area contributed by atoms with Crippen molar-refractivity contribution in [2.24, 2.45) is 5.10 Å². The molecule has 0 saturated heterocycles. The molecule has 1 aliphatic rings. The van der Waals surface area contributed by atoms with E-state index in [1.54, 1.807) is 10.9 Å². The van der Waals surface area contributed by atoms with Gasteiger partial charge in [-0.2, -0.15) is 10.2 Å². The number of carbonyl (C=O) groups excluding carboxylic acids is 1. The van der Waals surface area contributed by atoms with Gasteiger partial charge in [0.15, 0.2) is 0 Å². The lowest BCUT2D eigenvalue weighted by atomic mass is 10.1. The summed E-state index contributed by atoms with van der Waals surface area (Å²) in [5.41, 5.74) is 0.859. The first-order valence-electron chi connectivity index (χ1n) is 5.72. The van der Waals surface area contributed by atoms with Crippen LogP contribution in [0, 0.1) is 0 Å². The Labute approximate surface area is 104 Å². The number of aliphatic carboxylic acids is 1. The highest BCUT2D eigenvalue weighted by Crippen LogP contribution is 2.13. The molecule has 2 rings (SSSR count). The van der Waals surface area contributed by atoms with E-state index < -0.39 is 5.97 Å². The summed E-state index contributed by atoms with van der Waals surface area (Å²) in [6, 6.07) is 0. The molecule has 1 amide bonds. The van der Waals surface area contributed by atoms with E-state index in [4.69, 9.17) is 5.11 Å². The third-order valence-electron chi connectivity index (χ3n) is 2.69. The largest absolute Gasteiger partial charge is 0.477 e. The van der Waals surface area contributed by atoms with Gasteiger partial charge in [0.1, 0.15) is 5.71 Å². The summed E-state index contributed by atoms with van der Waals surface area (Å²) < 4.78 is 1.74. The van der Waals surface area contributed by atoms with E-state index in [1.807, 2.05) is 13.1 Å². The van der Waals surface area contributed by atoms with Crippen molar-refractivity contribution < 1.29 is 14.7 Å². The van der Waals surface area contributed by atoms with Gasteiger partial charge in [-0.15, -0.1) is 0 Å². The highest BCUT2D eigenvalue weighted by molar-refractivity contribution is 6.36. The second-order valence-corrected chi connectivity index (χ2v) is 4.01. The van der Waals surface area contributed by atoms with Crippen LogP contribution in [-0.4, -0.2) is 37.5 Å². The van der Waals surface area contributed by atoms with Crippen molar-refractivity contribution in [1.29, 1.82) is 0 Å². The molecule has 2 heterocycles. The normalized spacial score (nSPS) is 15.7. The second kappa shape index (κ2) is 4.99. The van der Waals surface area contributed by atoms with Gasteiger partial charge < -0.3 is 5.11 Å². The molecule has 1 N–H and O–H groups in total. The lowest BCUT2D eigenvalue weighted by molar-refractivity contribution is -0.133. The lowest BCUT2D eigenvalue weighted by Gasteiger charge is -2.21. The highest BCUT2D eigenvalue weighted by Gasteiger charge is 2.24. The number of aromatic nitrogens is 2. The Morgan fingerprint density at radius 3 is 2.89 bits per heavy atom. The van der Waals surface area contributed by atoms with Crippen molar-refractivity contribution in [2.45, 2.75) is 32.9 Å². The summed E-state index contributed by atoms with van der Waals surface area (Å²) in [7, 11) is 0. The number of rotatable bonds is 4. The average molecular weight is 250 g/mol. The van der Waals surface area contributed by atoms with Crippen LogP contribution in [0.1, 0.15) is 25.3 Å². The van der Waals surface area contributed by atoms with Crippen LogP contribution in [0.2, 0.25) is 0 Å². The van der Waals surface area contributed by atoms with E-state index in [2.05, 4.69) is 10.2 Å². The molecule has 0 bridgehead atoms. The zero-order chi connectivity index (χ0) is 13.1. The standard InChI is InChI=1S/C11H14N4O3/c1-2-14-6-8(5-12-14)7-15-10(16)4-3-9(13-15)11(17)18/h5-6H,2-4,7H2,1H3,(H,17,18). The first-order chi connectivity index (χ1) is 8.60. The van der Waals surface area contributed by atoms with Crippen LogP contribution in [0.15, 0.2) is 17.5 Å². The van der Waals surface area contributed by atoms with Gasteiger partial charge in [-0.05, 0) is 6.92 Å². The molecule has 96 valence electrons. The Kier molecular flexibility index (Phi) is 3.40. The van der Waals surface area contributed by atoms with Gasteiger partial charge in [-0.1, -0.05) is 0 Å². The van der Waals surface area contributed by atoms with Crippen molar-refractivity contribution in [3.05, 3.63) is 18.0 Å². The third kappa shape index (κ3) is 2.55. The molecule has 0 fully saturated rings. The summed E-state index contributed by atoms with van der Waals surface area (Å²) in [5, 5.41) is 18.0. The van der Waals surface area contributed by atoms with E-state index in [1.165, 1.54) is 5.01 Å². The summed E-state index contributed by atoms with van der Waals surface area (Å²) in [6.07, 6.45) is 3.85. The van der Waals surface area contributed by atoms with Crippen LogP contribution in [0.25, 0.3) is 0 Å². The fourth-order valence-electron chi connectivity index (χ4n) is 1.71. The van der Waals surface area contributed by atoms with Crippen LogP contribution >= 0.6 is 0 Å². The molecule has 0 atom stereocenters. The predicted octanol–water partition coefficient (Wildman–Crippen LogP) is 0.466. The highest BCUT2D eigenvalue weighted by atomic mass is 16.4. The molecule has 7 nitrogen and oxygen atoms in total. The number of carboxylic acids is 1. The molecule has 0 unspecified atom stereocenters. The van der Waals surface area contributed by atoms with Gasteiger partial charge in [-0.25, -0.2) is 9.80 Å². The van der Waals surface area contributed by atoms with E-state index in [-0.39, 0.29) is 31.0 Å². The molecule has 1 aliphatic heterocycles. The van der Waals surface area contributed by atoms with Crippen LogP contribution < -0.4 is 0 Å². The number of aryl methyl sites for hydroxylation is 1. The van der Waals surface area contributed by atoms with Gasteiger partial charge in [0.25, 0.3) is 0 Å². The van der Waals surface area contributed by atoms with Crippen molar-refractivity contribution in [3.63, 3.8) is 0 Å². The SMILES string of the molecule is CCn1cc(CN2N=C(C(=O)O)CCC2=O)cn1. The number of carboxylic acid groups (broad SMARTS) is 1. The second-order valence-electron chi connectivity index (χ2n) is 4.01. The minimum Gasteiger partial charge on any atom is -0.477 e. The van der Waals surface area contributed by atoms with Gasteiger partial charge in [0.05, 0.1) is 12.7 Å². The maximum absolute atomic E-state index is 11.6. The minimum absolute atomic E-state index is 0.0254.